The van der Waals surface area contributed by atoms with Crippen LogP contribution in [0.2, 0.25) is 0 Å². The number of halogens is 1. The van der Waals surface area contributed by atoms with Crippen LogP contribution in [0.25, 0.3) is 0 Å². The summed E-state index contributed by atoms with van der Waals surface area (Å²) in [5.74, 6) is 0.306. The second kappa shape index (κ2) is 3.95. The van der Waals surface area contributed by atoms with Crippen molar-refractivity contribution in [2.75, 3.05) is 6.61 Å². The van der Waals surface area contributed by atoms with E-state index in [1.807, 2.05) is 24.3 Å². The number of benzene rings is 1. The van der Waals surface area contributed by atoms with Crippen LogP contribution in [-0.4, -0.2) is 18.3 Å². The van der Waals surface area contributed by atoms with E-state index in [1.54, 1.807) is 0 Å². The van der Waals surface area contributed by atoms with Crippen molar-refractivity contribution in [1.82, 2.24) is 5.32 Å². The summed E-state index contributed by atoms with van der Waals surface area (Å²) < 4.78 is 1.02. The lowest BCUT2D eigenvalue weighted by molar-refractivity contribution is -0.125. The van der Waals surface area contributed by atoms with Crippen molar-refractivity contribution in [2.45, 2.75) is 0 Å². The third kappa shape index (κ3) is 1.87. The minimum atomic E-state index is -0.172. The number of hydrogen-bond donors (Lipinski definition) is 1. The van der Waals surface area contributed by atoms with Gasteiger partial charge >= 0.3 is 0 Å². The Morgan fingerprint density at radius 1 is 1.43 bits per heavy atom. The third-order valence-electron chi connectivity index (χ3n) is 1.74. The minimum absolute atomic E-state index is 0.00703. The largest absolute Gasteiger partial charge is 0.384 e. The summed E-state index contributed by atoms with van der Waals surface area (Å²) in [4.78, 5) is 15.8. The van der Waals surface area contributed by atoms with Crippen LogP contribution in [0.5, 0.6) is 0 Å². The molecule has 1 amide bonds. The summed E-state index contributed by atoms with van der Waals surface area (Å²) >= 11 is 2.18. The number of oxime groups is 1. The number of rotatable bonds is 1. The molecule has 0 aliphatic carbocycles. The van der Waals surface area contributed by atoms with Gasteiger partial charge in [-0.1, -0.05) is 23.4 Å². The van der Waals surface area contributed by atoms with Crippen LogP contribution >= 0.6 is 22.6 Å². The first-order valence-corrected chi connectivity index (χ1v) is 5.10. The average molecular weight is 302 g/mol. The molecule has 1 aliphatic rings. The zero-order chi connectivity index (χ0) is 9.97. The minimum Gasteiger partial charge on any atom is -0.384 e. The van der Waals surface area contributed by atoms with Crippen molar-refractivity contribution in [2.24, 2.45) is 5.16 Å². The van der Waals surface area contributed by atoms with E-state index in [-0.39, 0.29) is 12.5 Å². The molecule has 0 saturated heterocycles. The molecule has 0 aromatic heterocycles. The number of nitrogens with zero attached hydrogens (tertiary/aromatic N) is 1. The summed E-state index contributed by atoms with van der Waals surface area (Å²) in [6.45, 7) is -0.00703. The summed E-state index contributed by atoms with van der Waals surface area (Å²) in [5, 5.41) is 6.45. The van der Waals surface area contributed by atoms with Crippen LogP contribution in [0.4, 0.5) is 0 Å². The molecule has 1 aromatic rings. The van der Waals surface area contributed by atoms with Gasteiger partial charge in [-0.3, -0.25) is 4.79 Å². The van der Waals surface area contributed by atoms with Crippen LogP contribution in [0.15, 0.2) is 29.4 Å². The van der Waals surface area contributed by atoms with Gasteiger partial charge in [0.15, 0.2) is 12.4 Å². The Morgan fingerprint density at radius 2 is 2.21 bits per heavy atom. The molecule has 0 spiro atoms. The van der Waals surface area contributed by atoms with Gasteiger partial charge in [-0.05, 0) is 28.7 Å². The lowest BCUT2D eigenvalue weighted by atomic mass is 10.2. The Labute approximate surface area is 94.5 Å². The number of hydrogen-bond acceptors (Lipinski definition) is 3. The van der Waals surface area contributed by atoms with Gasteiger partial charge in [0, 0.05) is 9.13 Å². The SMILES string of the molecule is O=C1CON=C(c2ccccc2I)N1. The van der Waals surface area contributed by atoms with Crippen molar-refractivity contribution in [3.8, 4) is 0 Å². The maximum absolute atomic E-state index is 11.0. The number of nitrogens with one attached hydrogen (secondary N) is 1. The zero-order valence-corrected chi connectivity index (χ0v) is 9.32. The van der Waals surface area contributed by atoms with E-state index < -0.39 is 0 Å². The summed E-state index contributed by atoms with van der Waals surface area (Å²) in [7, 11) is 0. The van der Waals surface area contributed by atoms with E-state index in [9.17, 15) is 4.79 Å². The van der Waals surface area contributed by atoms with Gasteiger partial charge in [0.25, 0.3) is 5.91 Å². The number of amides is 1. The van der Waals surface area contributed by atoms with Crippen molar-refractivity contribution >= 4 is 34.3 Å². The van der Waals surface area contributed by atoms with Crippen LogP contribution in [0.3, 0.4) is 0 Å². The molecular formula is C9H7IN2O2. The number of carbonyl (C=O) groups is 1. The molecule has 0 saturated carbocycles. The van der Waals surface area contributed by atoms with Crippen molar-refractivity contribution in [3.63, 3.8) is 0 Å². The van der Waals surface area contributed by atoms with E-state index in [2.05, 4.69) is 33.1 Å². The normalized spacial score (nSPS) is 15.5. The fourth-order valence-electron chi connectivity index (χ4n) is 1.12. The molecular weight excluding hydrogens is 295 g/mol. The topological polar surface area (TPSA) is 50.7 Å². The Morgan fingerprint density at radius 3 is 2.93 bits per heavy atom. The van der Waals surface area contributed by atoms with E-state index in [0.717, 1.165) is 9.13 Å². The third-order valence-corrected chi connectivity index (χ3v) is 2.68. The van der Waals surface area contributed by atoms with Crippen molar-refractivity contribution in [3.05, 3.63) is 33.4 Å². The van der Waals surface area contributed by atoms with Crippen molar-refractivity contribution < 1.29 is 9.63 Å². The first-order chi connectivity index (χ1) is 6.77. The van der Waals surface area contributed by atoms with E-state index in [0.29, 0.717) is 5.84 Å². The molecule has 1 N–H and O–H groups in total. The molecule has 1 aliphatic heterocycles. The number of carbonyl (C=O) groups excluding carboxylic acids is 1. The average Bonchev–Trinajstić information content (AvgIpc) is 2.18. The molecule has 5 heteroatoms. The molecule has 1 aromatic carbocycles. The van der Waals surface area contributed by atoms with Gasteiger partial charge in [-0.2, -0.15) is 0 Å². The Balaban J connectivity index is 2.35. The summed E-state index contributed by atoms with van der Waals surface area (Å²) in [5.41, 5.74) is 0.876. The monoisotopic (exact) mass is 302 g/mol. The second-order valence-electron chi connectivity index (χ2n) is 2.74. The lowest BCUT2D eigenvalue weighted by Gasteiger charge is -2.13. The highest BCUT2D eigenvalue weighted by atomic mass is 127. The summed E-state index contributed by atoms with van der Waals surface area (Å²) in [6, 6.07) is 7.65. The van der Waals surface area contributed by atoms with E-state index in [4.69, 9.17) is 4.84 Å². The highest BCUT2D eigenvalue weighted by molar-refractivity contribution is 14.1. The fraction of sp³-hybridized carbons (Fsp3) is 0.111. The van der Waals surface area contributed by atoms with Gasteiger partial charge in [0.05, 0.1) is 0 Å². The predicted molar refractivity (Wildman–Crippen MR) is 59.8 cm³/mol. The molecule has 14 heavy (non-hydrogen) atoms. The predicted octanol–water partition coefficient (Wildman–Crippen LogP) is 1.10. The molecule has 0 radical (unpaired) electrons. The highest BCUT2D eigenvalue weighted by Crippen LogP contribution is 2.12. The van der Waals surface area contributed by atoms with Gasteiger partial charge in [0.2, 0.25) is 0 Å². The van der Waals surface area contributed by atoms with Gasteiger partial charge < -0.3 is 10.2 Å². The summed E-state index contributed by atoms with van der Waals surface area (Å²) in [6.07, 6.45) is 0. The smallest absolute Gasteiger partial charge is 0.266 e. The highest BCUT2D eigenvalue weighted by Gasteiger charge is 2.16. The zero-order valence-electron chi connectivity index (χ0n) is 7.16. The number of amidine groups is 1. The first-order valence-electron chi connectivity index (χ1n) is 4.02. The first kappa shape index (κ1) is 9.45. The van der Waals surface area contributed by atoms with E-state index >= 15 is 0 Å². The molecule has 0 bridgehead atoms. The second-order valence-corrected chi connectivity index (χ2v) is 3.90. The maximum Gasteiger partial charge on any atom is 0.266 e. The molecule has 2 rings (SSSR count). The van der Waals surface area contributed by atoms with Gasteiger partial charge in [0.1, 0.15) is 0 Å². The molecule has 4 nitrogen and oxygen atoms in total. The van der Waals surface area contributed by atoms with Crippen LogP contribution in [-0.2, 0) is 9.63 Å². The van der Waals surface area contributed by atoms with Crippen LogP contribution < -0.4 is 5.32 Å². The van der Waals surface area contributed by atoms with Crippen LogP contribution in [0.1, 0.15) is 5.56 Å². The van der Waals surface area contributed by atoms with Gasteiger partial charge in [-0.15, -0.1) is 0 Å². The molecule has 0 fully saturated rings. The standard InChI is InChI=1S/C9H7IN2O2/c10-7-4-2-1-3-6(7)9-11-8(13)5-14-12-9/h1-4H,5H2,(H,11,12,13). The fourth-order valence-corrected chi connectivity index (χ4v) is 1.76. The molecule has 0 unspecified atom stereocenters. The lowest BCUT2D eigenvalue weighted by Crippen LogP contribution is -2.38. The Kier molecular flexibility index (Phi) is 2.67. The maximum atomic E-state index is 11.0. The van der Waals surface area contributed by atoms with E-state index in [1.165, 1.54) is 0 Å². The Hall–Kier alpha value is -1.11. The van der Waals surface area contributed by atoms with Crippen molar-refractivity contribution in [1.29, 1.82) is 0 Å². The molecule has 1 heterocycles. The quantitative estimate of drug-likeness (QED) is 0.790. The van der Waals surface area contributed by atoms with Gasteiger partial charge in [-0.25, -0.2) is 0 Å². The Bertz CT molecular complexity index is 404. The molecule has 72 valence electrons. The van der Waals surface area contributed by atoms with Crippen LogP contribution in [0, 0.1) is 3.57 Å². The molecule has 0 atom stereocenters.